The number of aliphatic hydroxyl groups excluding tert-OH is 1. The second-order valence-electron chi connectivity index (χ2n) is 10.2. The molecule has 2 N–H and O–H groups in total. The van der Waals surface area contributed by atoms with Crippen LogP contribution in [0, 0.1) is 11.8 Å². The molecule has 1 amide bonds. The molecule has 8 heteroatoms. The van der Waals surface area contributed by atoms with Gasteiger partial charge in [0.1, 0.15) is 23.9 Å². The van der Waals surface area contributed by atoms with E-state index >= 15 is 0 Å². The van der Waals surface area contributed by atoms with E-state index in [0.717, 1.165) is 40.4 Å². The molecule has 0 radical (unpaired) electrons. The van der Waals surface area contributed by atoms with Crippen LogP contribution in [0.4, 0.5) is 5.82 Å². The summed E-state index contributed by atoms with van der Waals surface area (Å²) in [5.41, 5.74) is 2.76. The number of nitrogens with one attached hydrogen (secondary N) is 1. The van der Waals surface area contributed by atoms with Crippen LogP contribution in [0.25, 0.3) is 22.2 Å². The zero-order chi connectivity index (χ0) is 24.3. The van der Waals surface area contributed by atoms with Crippen LogP contribution in [-0.2, 0) is 16.3 Å². The molecule has 182 valence electrons. The van der Waals surface area contributed by atoms with Crippen LogP contribution in [0.1, 0.15) is 12.8 Å². The standard InChI is InChI=1S/C26H35N3O4Si/c1-32-23-8-6-5-7-19(23)22-16-29(17-33-13-14-34(2,3)4)25-20(22)9-10-24(27-25)28-26(31)21-15-18(21)11-12-30/h5-10,16,18,21,30H,11-15,17H2,1-4H3,(H,27,28,31)/t18-,21+/m0/s1. The van der Waals surface area contributed by atoms with Gasteiger partial charge in [0, 0.05) is 49.9 Å². The van der Waals surface area contributed by atoms with Crippen LogP contribution >= 0.6 is 0 Å². The monoisotopic (exact) mass is 481 g/mol. The number of hydrogen-bond donors (Lipinski definition) is 2. The average Bonchev–Trinajstić information content (AvgIpc) is 3.49. The summed E-state index contributed by atoms with van der Waals surface area (Å²) in [4.78, 5) is 17.4. The summed E-state index contributed by atoms with van der Waals surface area (Å²) in [7, 11) is 0.489. The van der Waals surface area contributed by atoms with E-state index < -0.39 is 8.07 Å². The van der Waals surface area contributed by atoms with Crippen LogP contribution in [0.2, 0.25) is 25.7 Å². The molecule has 7 nitrogen and oxygen atoms in total. The number of rotatable bonds is 11. The molecule has 1 saturated carbocycles. The van der Waals surface area contributed by atoms with Crippen LogP contribution in [0.5, 0.6) is 5.75 Å². The summed E-state index contributed by atoms with van der Waals surface area (Å²) in [5.74, 6) is 1.53. The summed E-state index contributed by atoms with van der Waals surface area (Å²) in [6.45, 7) is 8.23. The third kappa shape index (κ3) is 5.68. The van der Waals surface area contributed by atoms with Crippen LogP contribution in [0.15, 0.2) is 42.6 Å². The van der Waals surface area contributed by atoms with Gasteiger partial charge in [0.2, 0.25) is 5.91 Å². The van der Waals surface area contributed by atoms with Gasteiger partial charge in [-0.05, 0) is 43.0 Å². The van der Waals surface area contributed by atoms with Gasteiger partial charge in [0.05, 0.1) is 7.11 Å². The van der Waals surface area contributed by atoms with Crippen LogP contribution < -0.4 is 10.1 Å². The van der Waals surface area contributed by atoms with E-state index in [1.807, 2.05) is 47.2 Å². The van der Waals surface area contributed by atoms with E-state index in [1.54, 1.807) is 7.11 Å². The number of aliphatic hydroxyl groups is 1. The van der Waals surface area contributed by atoms with E-state index in [0.29, 0.717) is 25.6 Å². The number of hydrogen-bond acceptors (Lipinski definition) is 5. The molecule has 4 rings (SSSR count). The van der Waals surface area contributed by atoms with Crippen molar-refractivity contribution in [3.8, 4) is 16.9 Å². The van der Waals surface area contributed by atoms with Crippen LogP contribution in [-0.4, -0.2) is 49.0 Å². The molecule has 0 bridgehead atoms. The maximum atomic E-state index is 12.6. The van der Waals surface area contributed by atoms with Gasteiger partial charge in [-0.15, -0.1) is 0 Å². The maximum absolute atomic E-state index is 12.6. The van der Waals surface area contributed by atoms with E-state index in [4.69, 9.17) is 19.6 Å². The first-order chi connectivity index (χ1) is 16.3. The summed E-state index contributed by atoms with van der Waals surface area (Å²) in [6, 6.07) is 12.9. The second-order valence-corrected chi connectivity index (χ2v) is 15.9. The van der Waals surface area contributed by atoms with E-state index in [-0.39, 0.29) is 24.3 Å². The number of nitrogens with zero attached hydrogens (tertiary/aromatic N) is 2. The Balaban J connectivity index is 1.62. The molecule has 2 aromatic heterocycles. The number of methoxy groups -OCH3 is 1. The SMILES string of the molecule is COc1ccccc1-c1cn(COCC[Si](C)(C)C)c2nc(NC(=O)[C@@H]3C[C@@H]3CCO)ccc12. The van der Waals surface area contributed by atoms with Crippen molar-refractivity contribution in [1.29, 1.82) is 0 Å². The summed E-state index contributed by atoms with van der Waals surface area (Å²) in [6.07, 6.45) is 3.55. The molecular formula is C26H35N3O4Si. The number of pyridine rings is 1. The van der Waals surface area contributed by atoms with Gasteiger partial charge in [0.25, 0.3) is 0 Å². The Hall–Kier alpha value is -2.68. The number of para-hydroxylation sites is 1. The fourth-order valence-electron chi connectivity index (χ4n) is 4.23. The highest BCUT2D eigenvalue weighted by atomic mass is 28.3. The largest absolute Gasteiger partial charge is 0.496 e. The molecule has 1 aromatic carbocycles. The predicted molar refractivity (Wildman–Crippen MR) is 138 cm³/mol. The minimum absolute atomic E-state index is 0.0280. The Labute approximate surface area is 202 Å². The highest BCUT2D eigenvalue weighted by Gasteiger charge is 2.42. The maximum Gasteiger partial charge on any atom is 0.228 e. The van der Waals surface area contributed by atoms with Gasteiger partial charge in [-0.25, -0.2) is 4.98 Å². The Morgan fingerprint density at radius 3 is 2.74 bits per heavy atom. The topological polar surface area (TPSA) is 85.6 Å². The molecule has 1 aliphatic rings. The zero-order valence-electron chi connectivity index (χ0n) is 20.5. The second kappa shape index (κ2) is 10.3. The Morgan fingerprint density at radius 2 is 2.00 bits per heavy atom. The minimum atomic E-state index is -1.18. The van der Waals surface area contributed by atoms with Crippen molar-refractivity contribution in [1.82, 2.24) is 9.55 Å². The molecule has 0 saturated heterocycles. The van der Waals surface area contributed by atoms with Gasteiger partial charge in [-0.1, -0.05) is 37.8 Å². The first-order valence-electron chi connectivity index (χ1n) is 11.9. The molecule has 0 unspecified atom stereocenters. The highest BCUT2D eigenvalue weighted by Crippen LogP contribution is 2.42. The van der Waals surface area contributed by atoms with Gasteiger partial charge in [0.15, 0.2) is 0 Å². The molecule has 34 heavy (non-hydrogen) atoms. The number of amides is 1. The fraction of sp³-hybridized carbons (Fsp3) is 0.462. The lowest BCUT2D eigenvalue weighted by molar-refractivity contribution is -0.117. The summed E-state index contributed by atoms with van der Waals surface area (Å²) >= 11 is 0. The first-order valence-corrected chi connectivity index (χ1v) is 15.6. The molecule has 2 atom stereocenters. The van der Waals surface area contributed by atoms with Gasteiger partial charge < -0.3 is 24.5 Å². The fourth-order valence-corrected chi connectivity index (χ4v) is 4.98. The molecule has 2 heterocycles. The molecule has 3 aromatic rings. The van der Waals surface area contributed by atoms with Crippen molar-refractivity contribution in [3.05, 3.63) is 42.6 Å². The van der Waals surface area contributed by atoms with E-state index in [1.165, 1.54) is 0 Å². The smallest absolute Gasteiger partial charge is 0.228 e. The number of ether oxygens (including phenoxy) is 2. The van der Waals surface area contributed by atoms with Crippen molar-refractivity contribution >= 4 is 30.8 Å². The normalized spacial score (nSPS) is 17.7. The number of fused-ring (bicyclic) bond motifs is 1. The summed E-state index contributed by atoms with van der Waals surface area (Å²) in [5, 5.41) is 13.1. The average molecular weight is 482 g/mol. The number of anilines is 1. The minimum Gasteiger partial charge on any atom is -0.496 e. The van der Waals surface area contributed by atoms with E-state index in [2.05, 4.69) is 25.0 Å². The number of benzene rings is 1. The lowest BCUT2D eigenvalue weighted by Crippen LogP contribution is -2.22. The quantitative estimate of drug-likeness (QED) is 0.298. The van der Waals surface area contributed by atoms with Crippen molar-refractivity contribution in [3.63, 3.8) is 0 Å². The molecule has 1 aliphatic carbocycles. The van der Waals surface area contributed by atoms with Crippen molar-refractivity contribution in [2.75, 3.05) is 25.6 Å². The van der Waals surface area contributed by atoms with Gasteiger partial charge in [-0.2, -0.15) is 0 Å². The molecule has 0 aliphatic heterocycles. The van der Waals surface area contributed by atoms with Crippen molar-refractivity contribution in [2.45, 2.75) is 45.3 Å². The molecular weight excluding hydrogens is 446 g/mol. The predicted octanol–water partition coefficient (Wildman–Crippen LogP) is 4.98. The Bertz CT molecular complexity index is 1150. The van der Waals surface area contributed by atoms with Crippen molar-refractivity contribution in [2.24, 2.45) is 11.8 Å². The summed E-state index contributed by atoms with van der Waals surface area (Å²) < 4.78 is 13.6. The van der Waals surface area contributed by atoms with Gasteiger partial charge >= 0.3 is 0 Å². The highest BCUT2D eigenvalue weighted by molar-refractivity contribution is 6.76. The van der Waals surface area contributed by atoms with E-state index in [9.17, 15) is 4.79 Å². The Kier molecular flexibility index (Phi) is 7.40. The van der Waals surface area contributed by atoms with Crippen molar-refractivity contribution < 1.29 is 19.4 Å². The lowest BCUT2D eigenvalue weighted by Gasteiger charge is -2.15. The first kappa shape index (κ1) is 24.4. The third-order valence-corrected chi connectivity index (χ3v) is 8.06. The number of carbonyl (C=O) groups is 1. The molecule has 0 spiro atoms. The van der Waals surface area contributed by atoms with Crippen LogP contribution in [0.3, 0.4) is 0 Å². The lowest BCUT2D eigenvalue weighted by atomic mass is 10.0. The molecule has 1 fully saturated rings. The number of carbonyl (C=O) groups excluding carboxylic acids is 1. The third-order valence-electron chi connectivity index (χ3n) is 6.36. The van der Waals surface area contributed by atoms with Gasteiger partial charge in [-0.3, -0.25) is 4.79 Å². The Morgan fingerprint density at radius 1 is 1.21 bits per heavy atom. The zero-order valence-corrected chi connectivity index (χ0v) is 21.5. The number of aromatic nitrogens is 2.